The van der Waals surface area contributed by atoms with Gasteiger partial charge in [0.15, 0.2) is 0 Å². The van der Waals surface area contributed by atoms with E-state index in [2.05, 4.69) is 10.5 Å². The summed E-state index contributed by atoms with van der Waals surface area (Å²) in [5.41, 5.74) is 1.29. The highest BCUT2D eigenvalue weighted by molar-refractivity contribution is 6.00. The first-order chi connectivity index (χ1) is 10.4. The maximum absolute atomic E-state index is 11.6. The topological polar surface area (TPSA) is 153 Å². The van der Waals surface area contributed by atoms with E-state index >= 15 is 0 Å². The Kier molecular flexibility index (Phi) is 4.02. The highest BCUT2D eigenvalue weighted by Gasteiger charge is 2.12. The zero-order valence-electron chi connectivity index (χ0n) is 11.3. The van der Waals surface area contributed by atoms with Crippen molar-refractivity contribution in [3.05, 3.63) is 60.8 Å². The number of benzene rings is 1. The number of hydrogen-bond acceptors (Lipinski definition) is 7. The van der Waals surface area contributed by atoms with Gasteiger partial charge in [-0.1, -0.05) is 0 Å². The number of hydrogen-bond donors (Lipinski definition) is 4. The number of nitro groups is 1. The number of aromatic hydroxyl groups is 1. The van der Waals surface area contributed by atoms with Crippen molar-refractivity contribution < 1.29 is 10.0 Å². The Balaban J connectivity index is 2.25. The van der Waals surface area contributed by atoms with Crippen LogP contribution in [0.3, 0.4) is 0 Å². The minimum Gasteiger partial charge on any atom is -0.494 e. The van der Waals surface area contributed by atoms with Crippen molar-refractivity contribution in [1.29, 1.82) is 0 Å². The first-order valence-electron chi connectivity index (χ1n) is 5.99. The SMILES string of the molecule is C/C(=N/Nc1ccc([N+](=O)[O-])cc1)c1c(O)[nH]c(=O)[nH]c1=O. The molecular formula is C12H11N5O5. The number of non-ortho nitro benzene ring substituents is 1. The van der Waals surface area contributed by atoms with E-state index in [1.807, 2.05) is 9.97 Å². The van der Waals surface area contributed by atoms with Crippen molar-refractivity contribution in [2.45, 2.75) is 6.92 Å². The fourth-order valence-electron chi connectivity index (χ4n) is 1.67. The van der Waals surface area contributed by atoms with Crippen LogP contribution in [0, 0.1) is 10.1 Å². The third-order valence-electron chi connectivity index (χ3n) is 2.72. The average molecular weight is 305 g/mol. The quantitative estimate of drug-likeness (QED) is 0.366. The van der Waals surface area contributed by atoms with Crippen molar-refractivity contribution >= 4 is 17.1 Å². The molecule has 0 unspecified atom stereocenters. The first-order valence-corrected chi connectivity index (χ1v) is 5.99. The molecule has 114 valence electrons. The molecule has 0 atom stereocenters. The number of aromatic amines is 2. The molecule has 4 N–H and O–H groups in total. The Morgan fingerprint density at radius 3 is 2.45 bits per heavy atom. The summed E-state index contributed by atoms with van der Waals surface area (Å²) in [7, 11) is 0. The van der Waals surface area contributed by atoms with Crippen LogP contribution in [0.25, 0.3) is 0 Å². The number of rotatable bonds is 4. The summed E-state index contributed by atoms with van der Waals surface area (Å²) in [5.74, 6) is -0.597. The summed E-state index contributed by atoms with van der Waals surface area (Å²) in [5, 5.41) is 24.0. The van der Waals surface area contributed by atoms with Crippen LogP contribution in [0.1, 0.15) is 12.5 Å². The van der Waals surface area contributed by atoms with Crippen LogP contribution in [0.5, 0.6) is 5.88 Å². The van der Waals surface area contributed by atoms with E-state index in [4.69, 9.17) is 0 Å². The van der Waals surface area contributed by atoms with Crippen LogP contribution < -0.4 is 16.7 Å². The minimum atomic E-state index is -0.831. The van der Waals surface area contributed by atoms with E-state index in [1.165, 1.54) is 31.2 Å². The fraction of sp³-hybridized carbons (Fsp3) is 0.0833. The largest absolute Gasteiger partial charge is 0.494 e. The lowest BCUT2D eigenvalue weighted by Gasteiger charge is -2.04. The molecule has 1 aromatic heterocycles. The lowest BCUT2D eigenvalue weighted by molar-refractivity contribution is -0.384. The molecule has 0 aliphatic rings. The highest BCUT2D eigenvalue weighted by atomic mass is 16.6. The van der Waals surface area contributed by atoms with Gasteiger partial charge in [0.2, 0.25) is 5.88 Å². The minimum absolute atomic E-state index is 0.0685. The third kappa shape index (κ3) is 3.17. The predicted molar refractivity (Wildman–Crippen MR) is 78.3 cm³/mol. The monoisotopic (exact) mass is 305 g/mol. The molecule has 0 saturated heterocycles. The smallest absolute Gasteiger partial charge is 0.328 e. The Morgan fingerprint density at radius 1 is 1.27 bits per heavy atom. The lowest BCUT2D eigenvalue weighted by atomic mass is 10.2. The maximum atomic E-state index is 11.6. The second kappa shape index (κ2) is 5.91. The number of nitro benzene ring substituents is 1. The summed E-state index contributed by atoms with van der Waals surface area (Å²) in [6.07, 6.45) is 0. The third-order valence-corrected chi connectivity index (χ3v) is 2.72. The summed E-state index contributed by atoms with van der Waals surface area (Å²) in [6, 6.07) is 5.45. The average Bonchev–Trinajstić information content (AvgIpc) is 2.44. The van der Waals surface area contributed by atoms with Crippen molar-refractivity contribution in [3.63, 3.8) is 0 Å². The van der Waals surface area contributed by atoms with Crippen LogP contribution in [-0.4, -0.2) is 25.7 Å². The normalized spacial score (nSPS) is 11.2. The van der Waals surface area contributed by atoms with Crippen molar-refractivity contribution in [2.24, 2.45) is 5.10 Å². The van der Waals surface area contributed by atoms with Gasteiger partial charge in [-0.15, -0.1) is 0 Å². The van der Waals surface area contributed by atoms with E-state index in [1.54, 1.807) is 0 Å². The molecule has 0 amide bonds. The molecule has 0 radical (unpaired) electrons. The predicted octanol–water partition coefficient (Wildman–Crippen LogP) is 0.513. The molecule has 0 spiro atoms. The zero-order chi connectivity index (χ0) is 16.3. The van der Waals surface area contributed by atoms with Crippen molar-refractivity contribution in [1.82, 2.24) is 9.97 Å². The van der Waals surface area contributed by atoms with Crippen LogP contribution in [-0.2, 0) is 0 Å². The summed E-state index contributed by atoms with van der Waals surface area (Å²) in [6.45, 7) is 1.45. The van der Waals surface area contributed by atoms with Gasteiger partial charge in [-0.2, -0.15) is 5.10 Å². The summed E-state index contributed by atoms with van der Waals surface area (Å²) < 4.78 is 0. The van der Waals surface area contributed by atoms with E-state index < -0.39 is 22.1 Å². The van der Waals surface area contributed by atoms with Gasteiger partial charge < -0.3 is 5.11 Å². The van der Waals surface area contributed by atoms with Gasteiger partial charge in [-0.3, -0.25) is 30.3 Å². The van der Waals surface area contributed by atoms with E-state index in [0.29, 0.717) is 5.69 Å². The van der Waals surface area contributed by atoms with E-state index in [9.17, 15) is 24.8 Å². The Hall–Kier alpha value is -3.43. The zero-order valence-corrected chi connectivity index (χ0v) is 11.3. The second-order valence-corrected chi connectivity index (χ2v) is 4.24. The van der Waals surface area contributed by atoms with Crippen LogP contribution >= 0.6 is 0 Å². The second-order valence-electron chi connectivity index (χ2n) is 4.24. The van der Waals surface area contributed by atoms with Crippen LogP contribution in [0.4, 0.5) is 11.4 Å². The lowest BCUT2D eigenvalue weighted by Crippen LogP contribution is -2.27. The molecule has 0 aliphatic heterocycles. The van der Waals surface area contributed by atoms with Crippen molar-refractivity contribution in [2.75, 3.05) is 5.43 Å². The molecule has 0 bridgehead atoms. The van der Waals surface area contributed by atoms with Gasteiger partial charge in [0, 0.05) is 12.1 Å². The van der Waals surface area contributed by atoms with Gasteiger partial charge >= 0.3 is 5.69 Å². The van der Waals surface area contributed by atoms with Crippen LogP contribution in [0.15, 0.2) is 39.0 Å². The van der Waals surface area contributed by atoms with Gasteiger partial charge in [0.05, 0.1) is 16.3 Å². The Labute approximate surface area is 122 Å². The number of anilines is 1. The maximum Gasteiger partial charge on any atom is 0.328 e. The molecule has 0 aliphatic carbocycles. The standard InChI is InChI=1S/C12H11N5O5/c1-6(9-10(18)13-12(20)14-11(9)19)15-16-7-2-4-8(5-3-7)17(21)22/h2-5,16H,1H3,(H3,13,14,18,19,20)/b15-6-. The van der Waals surface area contributed by atoms with Gasteiger partial charge in [-0.25, -0.2) is 4.79 Å². The molecule has 1 aromatic carbocycles. The van der Waals surface area contributed by atoms with Gasteiger partial charge in [0.1, 0.15) is 5.56 Å². The molecule has 22 heavy (non-hydrogen) atoms. The highest BCUT2D eigenvalue weighted by Crippen LogP contribution is 2.15. The molecule has 2 rings (SSSR count). The number of nitrogens with zero attached hydrogens (tertiary/aromatic N) is 2. The molecule has 0 fully saturated rings. The first kappa shape index (κ1) is 15.0. The molecule has 10 heteroatoms. The van der Waals surface area contributed by atoms with Gasteiger partial charge in [0.25, 0.3) is 11.2 Å². The molecule has 10 nitrogen and oxygen atoms in total. The van der Waals surface area contributed by atoms with E-state index in [-0.39, 0.29) is 17.0 Å². The van der Waals surface area contributed by atoms with E-state index in [0.717, 1.165) is 0 Å². The molecular weight excluding hydrogens is 294 g/mol. The van der Waals surface area contributed by atoms with Crippen LogP contribution in [0.2, 0.25) is 0 Å². The number of H-pyrrole nitrogens is 2. The molecule has 0 saturated carbocycles. The van der Waals surface area contributed by atoms with Crippen molar-refractivity contribution in [3.8, 4) is 5.88 Å². The van der Waals surface area contributed by atoms with Gasteiger partial charge in [-0.05, 0) is 19.1 Å². The Bertz CT molecular complexity index is 849. The molecule has 1 heterocycles. The number of hydrazone groups is 1. The number of aromatic nitrogens is 2. The number of nitrogens with one attached hydrogen (secondary N) is 3. The summed E-state index contributed by atoms with van der Waals surface area (Å²) >= 11 is 0. The summed E-state index contributed by atoms with van der Waals surface area (Å²) in [4.78, 5) is 36.6. The molecule has 2 aromatic rings. The fourth-order valence-corrected chi connectivity index (χ4v) is 1.67. The Morgan fingerprint density at radius 2 is 1.91 bits per heavy atom.